The lowest BCUT2D eigenvalue weighted by Crippen LogP contribution is -2.31. The Morgan fingerprint density at radius 1 is 1.26 bits per heavy atom. The van der Waals surface area contributed by atoms with Crippen LogP contribution in [0.4, 0.5) is 0 Å². The maximum Gasteiger partial charge on any atom is 0.327 e. The minimum Gasteiger partial charge on any atom is -0.251 e. The summed E-state index contributed by atoms with van der Waals surface area (Å²) in [6, 6.07) is 6.05. The van der Waals surface area contributed by atoms with E-state index in [1.54, 1.807) is 17.5 Å². The highest BCUT2D eigenvalue weighted by molar-refractivity contribution is 7.20. The van der Waals surface area contributed by atoms with Crippen molar-refractivity contribution in [2.75, 3.05) is 0 Å². The summed E-state index contributed by atoms with van der Waals surface area (Å²) >= 11 is 1.70. The Morgan fingerprint density at radius 2 is 2.26 bits per heavy atom. The molecule has 5 rings (SSSR count). The second kappa shape index (κ2) is 3.16. The second-order valence-corrected chi connectivity index (χ2v) is 5.53. The monoisotopic (exact) mass is 266 g/mol. The number of pyridine rings is 1. The Labute approximate surface area is 111 Å². The van der Waals surface area contributed by atoms with Crippen molar-refractivity contribution >= 4 is 27.5 Å². The summed E-state index contributed by atoms with van der Waals surface area (Å²) in [6.45, 7) is 0.862. The summed E-state index contributed by atoms with van der Waals surface area (Å²) in [5.41, 5.74) is 4.41. The Bertz CT molecular complexity index is 952. The normalized spacial score (nSPS) is 13.1. The molecule has 0 aliphatic carbocycles. The summed E-state index contributed by atoms with van der Waals surface area (Å²) in [5.74, 6) is 0. The minimum atomic E-state index is 0.862. The van der Waals surface area contributed by atoms with Gasteiger partial charge in [0.25, 0.3) is 0 Å². The SMILES string of the molecule is c1cnc2c(c1)C[n+]1c-2sc2nc3ccncn3c21. The molecule has 6 heteroatoms. The molecular formula is C13H8N5S+. The smallest absolute Gasteiger partial charge is 0.251 e. The van der Waals surface area contributed by atoms with Crippen LogP contribution in [0.15, 0.2) is 36.9 Å². The molecule has 0 radical (unpaired) electrons. The highest BCUT2D eigenvalue weighted by Crippen LogP contribution is 2.33. The van der Waals surface area contributed by atoms with Crippen LogP contribution in [0.3, 0.4) is 0 Å². The zero-order valence-corrected chi connectivity index (χ0v) is 10.6. The molecule has 1 aliphatic heterocycles. The van der Waals surface area contributed by atoms with Crippen molar-refractivity contribution in [1.82, 2.24) is 19.4 Å². The van der Waals surface area contributed by atoms with Gasteiger partial charge in [-0.2, -0.15) is 9.38 Å². The second-order valence-electron chi connectivity index (χ2n) is 4.55. The predicted octanol–water partition coefficient (Wildman–Crippen LogP) is 1.66. The molecule has 0 aromatic carbocycles. The topological polar surface area (TPSA) is 47.0 Å². The van der Waals surface area contributed by atoms with Gasteiger partial charge < -0.3 is 0 Å². The number of fused-ring (bicyclic) bond motifs is 7. The molecule has 0 fully saturated rings. The highest BCUT2D eigenvalue weighted by atomic mass is 32.1. The maximum atomic E-state index is 4.64. The fourth-order valence-electron chi connectivity index (χ4n) is 2.67. The molecule has 19 heavy (non-hydrogen) atoms. The third kappa shape index (κ3) is 1.09. The number of hydrogen-bond acceptors (Lipinski definition) is 4. The number of nitrogens with zero attached hydrogens (tertiary/aromatic N) is 5. The fourth-order valence-corrected chi connectivity index (χ4v) is 3.84. The van der Waals surface area contributed by atoms with Crippen LogP contribution in [0.1, 0.15) is 5.56 Å². The fraction of sp³-hybridized carbons (Fsp3) is 0.0769. The third-order valence-corrected chi connectivity index (χ3v) is 4.56. The standard InChI is InChI=1S/C13H8N5S/c1-2-8-6-17-12-11(19-13(17)10(8)15-4-1)16-9-3-5-14-7-18(9)12/h1-5,7H,6H2/q+1. The summed E-state index contributed by atoms with van der Waals surface area (Å²) < 4.78 is 4.32. The van der Waals surface area contributed by atoms with Gasteiger partial charge in [0.05, 0.1) is 0 Å². The lowest BCUT2D eigenvalue weighted by Gasteiger charge is -1.90. The van der Waals surface area contributed by atoms with Crippen LogP contribution in [0.2, 0.25) is 0 Å². The first-order valence-corrected chi connectivity index (χ1v) is 6.82. The molecule has 0 amide bonds. The number of thiazole rings is 1. The van der Waals surface area contributed by atoms with E-state index < -0.39 is 0 Å². The molecule has 5 heterocycles. The highest BCUT2D eigenvalue weighted by Gasteiger charge is 2.32. The number of imidazole rings is 1. The van der Waals surface area contributed by atoms with E-state index in [4.69, 9.17) is 0 Å². The molecule has 0 unspecified atom stereocenters. The first kappa shape index (κ1) is 9.57. The average Bonchev–Trinajstić information content (AvgIpc) is 3.05. The van der Waals surface area contributed by atoms with Crippen molar-refractivity contribution in [2.45, 2.75) is 6.54 Å². The Kier molecular flexibility index (Phi) is 1.59. The molecule has 4 aromatic heterocycles. The largest absolute Gasteiger partial charge is 0.327 e. The van der Waals surface area contributed by atoms with E-state index in [2.05, 4.69) is 25.6 Å². The van der Waals surface area contributed by atoms with Crippen molar-refractivity contribution in [3.8, 4) is 10.7 Å². The van der Waals surface area contributed by atoms with E-state index >= 15 is 0 Å². The molecule has 0 N–H and O–H groups in total. The summed E-state index contributed by atoms with van der Waals surface area (Å²) in [5, 5.41) is 1.19. The van der Waals surface area contributed by atoms with Crippen LogP contribution < -0.4 is 4.57 Å². The van der Waals surface area contributed by atoms with Crippen molar-refractivity contribution < 1.29 is 4.57 Å². The van der Waals surface area contributed by atoms with Gasteiger partial charge in [-0.3, -0.25) is 4.98 Å². The first-order valence-electron chi connectivity index (χ1n) is 6.00. The maximum absolute atomic E-state index is 4.64. The van der Waals surface area contributed by atoms with Crippen LogP contribution in [0, 0.1) is 0 Å². The van der Waals surface area contributed by atoms with Gasteiger partial charge >= 0.3 is 5.65 Å². The van der Waals surface area contributed by atoms with Gasteiger partial charge in [0.15, 0.2) is 6.33 Å². The lowest BCUT2D eigenvalue weighted by atomic mass is 10.2. The van der Waals surface area contributed by atoms with E-state index in [0.29, 0.717) is 0 Å². The van der Waals surface area contributed by atoms with Gasteiger partial charge in [0.1, 0.15) is 12.2 Å². The Morgan fingerprint density at radius 3 is 3.26 bits per heavy atom. The van der Waals surface area contributed by atoms with E-state index in [-0.39, 0.29) is 0 Å². The zero-order chi connectivity index (χ0) is 12.4. The molecule has 4 aromatic rings. The first-order chi connectivity index (χ1) is 9.42. The third-order valence-electron chi connectivity index (χ3n) is 3.49. The van der Waals surface area contributed by atoms with Gasteiger partial charge in [-0.25, -0.2) is 9.55 Å². The van der Waals surface area contributed by atoms with E-state index in [1.807, 2.05) is 29.1 Å². The van der Waals surface area contributed by atoms with Gasteiger partial charge in [0.2, 0.25) is 15.5 Å². The summed E-state index contributed by atoms with van der Waals surface area (Å²) in [7, 11) is 0. The Balaban J connectivity index is 1.94. The van der Waals surface area contributed by atoms with Crippen LogP contribution in [-0.2, 0) is 6.54 Å². The van der Waals surface area contributed by atoms with E-state index in [1.165, 1.54) is 10.6 Å². The summed E-state index contributed by atoms with van der Waals surface area (Å²) in [6.07, 6.45) is 5.44. The van der Waals surface area contributed by atoms with Crippen molar-refractivity contribution in [3.63, 3.8) is 0 Å². The summed E-state index contributed by atoms with van der Waals surface area (Å²) in [4.78, 5) is 14.4. The molecule has 0 atom stereocenters. The van der Waals surface area contributed by atoms with Crippen LogP contribution >= 0.6 is 11.3 Å². The van der Waals surface area contributed by atoms with Crippen molar-refractivity contribution in [3.05, 3.63) is 42.5 Å². The van der Waals surface area contributed by atoms with Crippen molar-refractivity contribution in [2.24, 2.45) is 0 Å². The molecule has 5 nitrogen and oxygen atoms in total. The van der Waals surface area contributed by atoms with Gasteiger partial charge in [0, 0.05) is 24.0 Å². The number of aromatic nitrogens is 5. The molecule has 0 bridgehead atoms. The molecule has 0 saturated carbocycles. The molecular weight excluding hydrogens is 258 g/mol. The van der Waals surface area contributed by atoms with Crippen LogP contribution in [-0.4, -0.2) is 19.4 Å². The van der Waals surface area contributed by atoms with Crippen molar-refractivity contribution in [1.29, 1.82) is 0 Å². The minimum absolute atomic E-state index is 0.862. The van der Waals surface area contributed by atoms with E-state index in [0.717, 1.165) is 28.4 Å². The van der Waals surface area contributed by atoms with Gasteiger partial charge in [-0.1, -0.05) is 17.4 Å². The van der Waals surface area contributed by atoms with Crippen LogP contribution in [0.25, 0.3) is 26.8 Å². The molecule has 0 spiro atoms. The quantitative estimate of drug-likeness (QED) is 0.400. The van der Waals surface area contributed by atoms with Crippen LogP contribution in [0.5, 0.6) is 0 Å². The lowest BCUT2D eigenvalue weighted by molar-refractivity contribution is -0.644. The zero-order valence-electron chi connectivity index (χ0n) is 9.82. The Hall–Kier alpha value is -2.34. The predicted molar refractivity (Wildman–Crippen MR) is 70.9 cm³/mol. The van der Waals surface area contributed by atoms with Gasteiger partial charge in [-0.15, -0.1) is 0 Å². The number of rotatable bonds is 0. The van der Waals surface area contributed by atoms with Gasteiger partial charge in [-0.05, 0) is 6.07 Å². The number of hydrogen-bond donors (Lipinski definition) is 0. The van der Waals surface area contributed by atoms with E-state index in [9.17, 15) is 0 Å². The molecule has 0 saturated heterocycles. The molecule has 1 aliphatic rings. The average molecular weight is 266 g/mol. The molecule has 90 valence electrons.